The van der Waals surface area contributed by atoms with Gasteiger partial charge in [0.05, 0.1) is 0 Å². The summed E-state index contributed by atoms with van der Waals surface area (Å²) in [5.74, 6) is 0.812. The van der Waals surface area contributed by atoms with Gasteiger partial charge in [-0.2, -0.15) is 0 Å². The van der Waals surface area contributed by atoms with Gasteiger partial charge in [-0.05, 0) is 61.4 Å². The lowest BCUT2D eigenvalue weighted by Gasteiger charge is -2.14. The minimum Gasteiger partial charge on any atom is -0.310 e. The fourth-order valence-electron chi connectivity index (χ4n) is 2.58. The maximum absolute atomic E-state index is 6.01. The molecule has 0 aromatic heterocycles. The highest BCUT2D eigenvalue weighted by molar-refractivity contribution is 6.30. The Morgan fingerprint density at radius 1 is 1.41 bits per heavy atom. The molecule has 1 N–H and O–H groups in total. The summed E-state index contributed by atoms with van der Waals surface area (Å²) in [5, 5.41) is 4.53. The minimum atomic E-state index is 0.550. The molecule has 0 saturated carbocycles. The lowest BCUT2D eigenvalue weighted by atomic mass is 10.1. The van der Waals surface area contributed by atoms with E-state index in [2.05, 4.69) is 31.3 Å². The van der Waals surface area contributed by atoms with Crippen LogP contribution in [-0.2, 0) is 6.42 Å². The average Bonchev–Trinajstić information content (AvgIpc) is 2.66. The molecule has 1 nitrogen and oxygen atoms in total. The quantitative estimate of drug-likeness (QED) is 0.767. The summed E-state index contributed by atoms with van der Waals surface area (Å²) in [7, 11) is 0. The number of rotatable bonds is 5. The Balaban J connectivity index is 1.85. The van der Waals surface area contributed by atoms with Crippen molar-refractivity contribution in [2.75, 3.05) is 6.54 Å². The zero-order valence-corrected chi connectivity index (χ0v) is 11.6. The molecule has 17 heavy (non-hydrogen) atoms. The van der Waals surface area contributed by atoms with Gasteiger partial charge >= 0.3 is 0 Å². The van der Waals surface area contributed by atoms with E-state index in [4.69, 9.17) is 11.6 Å². The predicted octanol–water partition coefficient (Wildman–Crippen LogP) is 4.35. The summed E-state index contributed by atoms with van der Waals surface area (Å²) in [6.45, 7) is 5.70. The number of benzene rings is 1. The van der Waals surface area contributed by atoms with Crippen LogP contribution in [-0.4, -0.2) is 6.54 Å². The Bertz CT molecular complexity index is 373. The van der Waals surface area contributed by atoms with E-state index in [1.165, 1.54) is 30.4 Å². The van der Waals surface area contributed by atoms with Gasteiger partial charge in [0.25, 0.3) is 0 Å². The van der Waals surface area contributed by atoms with Crippen molar-refractivity contribution in [3.63, 3.8) is 0 Å². The first-order valence-electron chi connectivity index (χ1n) is 6.68. The summed E-state index contributed by atoms with van der Waals surface area (Å²) < 4.78 is 0. The zero-order chi connectivity index (χ0) is 12.3. The monoisotopic (exact) mass is 251 g/mol. The van der Waals surface area contributed by atoms with Gasteiger partial charge in [0.15, 0.2) is 0 Å². The van der Waals surface area contributed by atoms with Gasteiger partial charge in [-0.1, -0.05) is 31.5 Å². The smallest absolute Gasteiger partial charge is 0.0408 e. The molecule has 1 aliphatic carbocycles. The van der Waals surface area contributed by atoms with E-state index in [1.807, 2.05) is 6.07 Å². The molecule has 1 unspecified atom stereocenters. The molecule has 1 aromatic rings. The molecule has 0 bridgehead atoms. The van der Waals surface area contributed by atoms with Crippen molar-refractivity contribution >= 4 is 11.6 Å². The lowest BCUT2D eigenvalue weighted by Crippen LogP contribution is -2.20. The van der Waals surface area contributed by atoms with Crippen LogP contribution in [0.2, 0.25) is 5.02 Å². The van der Waals surface area contributed by atoms with Crippen molar-refractivity contribution in [1.29, 1.82) is 0 Å². The van der Waals surface area contributed by atoms with Crippen molar-refractivity contribution in [2.45, 2.75) is 45.6 Å². The number of hydrogen-bond acceptors (Lipinski definition) is 1. The molecule has 0 heterocycles. The highest BCUT2D eigenvalue weighted by Gasteiger charge is 2.21. The topological polar surface area (TPSA) is 12.0 Å². The summed E-state index contributed by atoms with van der Waals surface area (Å²) in [4.78, 5) is 0. The van der Waals surface area contributed by atoms with Gasteiger partial charge < -0.3 is 5.32 Å². The molecule has 0 fully saturated rings. The van der Waals surface area contributed by atoms with Gasteiger partial charge in [0.2, 0.25) is 0 Å². The van der Waals surface area contributed by atoms with Crippen LogP contribution in [0, 0.1) is 5.92 Å². The van der Waals surface area contributed by atoms with Crippen molar-refractivity contribution in [3.05, 3.63) is 34.3 Å². The van der Waals surface area contributed by atoms with Crippen LogP contribution in [0.15, 0.2) is 18.2 Å². The molecule has 1 atom stereocenters. The molecule has 2 heteroatoms. The van der Waals surface area contributed by atoms with Crippen molar-refractivity contribution < 1.29 is 0 Å². The molecule has 1 aliphatic rings. The van der Waals surface area contributed by atoms with Crippen LogP contribution in [0.3, 0.4) is 0 Å². The highest BCUT2D eigenvalue weighted by Crippen LogP contribution is 2.32. The molecular weight excluding hydrogens is 230 g/mol. The van der Waals surface area contributed by atoms with E-state index in [0.717, 1.165) is 23.9 Å². The van der Waals surface area contributed by atoms with E-state index < -0.39 is 0 Å². The largest absolute Gasteiger partial charge is 0.310 e. The molecule has 2 rings (SSSR count). The maximum Gasteiger partial charge on any atom is 0.0408 e. The van der Waals surface area contributed by atoms with Crippen LogP contribution in [0.25, 0.3) is 0 Å². The first-order valence-corrected chi connectivity index (χ1v) is 7.06. The molecular formula is C15H22ClN. The van der Waals surface area contributed by atoms with E-state index in [1.54, 1.807) is 0 Å². The number of nitrogens with one attached hydrogen (secondary N) is 1. The zero-order valence-electron chi connectivity index (χ0n) is 10.8. The van der Waals surface area contributed by atoms with E-state index in [9.17, 15) is 0 Å². The molecule has 0 spiro atoms. The second kappa shape index (κ2) is 5.88. The highest BCUT2D eigenvalue weighted by atomic mass is 35.5. The Kier molecular flexibility index (Phi) is 4.47. The fourth-order valence-corrected chi connectivity index (χ4v) is 2.78. The summed E-state index contributed by atoms with van der Waals surface area (Å²) in [5.41, 5.74) is 2.89. The average molecular weight is 252 g/mol. The van der Waals surface area contributed by atoms with Crippen molar-refractivity contribution in [2.24, 2.45) is 5.92 Å². The number of fused-ring (bicyclic) bond motifs is 1. The summed E-state index contributed by atoms with van der Waals surface area (Å²) in [6, 6.07) is 6.86. The van der Waals surface area contributed by atoms with E-state index in [-0.39, 0.29) is 0 Å². The van der Waals surface area contributed by atoms with Gasteiger partial charge in [-0.25, -0.2) is 0 Å². The summed E-state index contributed by atoms with van der Waals surface area (Å²) >= 11 is 6.01. The van der Waals surface area contributed by atoms with Crippen molar-refractivity contribution in [3.8, 4) is 0 Å². The van der Waals surface area contributed by atoms with Gasteiger partial charge in [0.1, 0.15) is 0 Å². The normalized spacial score (nSPS) is 18.7. The molecule has 94 valence electrons. The maximum atomic E-state index is 6.01. The first kappa shape index (κ1) is 12.9. The molecule has 0 aliphatic heterocycles. The minimum absolute atomic E-state index is 0.550. The number of hydrogen-bond donors (Lipinski definition) is 1. The Morgan fingerprint density at radius 3 is 3.00 bits per heavy atom. The second-order valence-corrected chi connectivity index (χ2v) is 5.86. The van der Waals surface area contributed by atoms with Crippen molar-refractivity contribution in [1.82, 2.24) is 5.32 Å². The third-order valence-corrected chi connectivity index (χ3v) is 3.77. The Morgan fingerprint density at radius 2 is 2.24 bits per heavy atom. The number of aryl methyl sites for hydroxylation is 1. The Labute approximate surface area is 110 Å². The van der Waals surface area contributed by atoms with Gasteiger partial charge in [-0.3, -0.25) is 0 Å². The van der Waals surface area contributed by atoms with Crippen LogP contribution in [0.1, 0.15) is 50.3 Å². The SMILES string of the molecule is CC(C)CCCNC1CCc2cc(Cl)ccc21. The Hall–Kier alpha value is -0.530. The standard InChI is InChI=1S/C15H22ClN/c1-11(2)4-3-9-17-15-8-5-12-10-13(16)6-7-14(12)15/h6-7,10-11,15,17H,3-5,8-9H2,1-2H3. The first-order chi connectivity index (χ1) is 8.16. The molecule has 1 aromatic carbocycles. The second-order valence-electron chi connectivity index (χ2n) is 5.42. The van der Waals surface area contributed by atoms with Crippen LogP contribution in [0.4, 0.5) is 0 Å². The molecule has 0 saturated heterocycles. The van der Waals surface area contributed by atoms with Crippen LogP contribution >= 0.6 is 11.6 Å². The van der Waals surface area contributed by atoms with Gasteiger partial charge in [0, 0.05) is 11.1 Å². The third-order valence-electron chi connectivity index (χ3n) is 3.53. The van der Waals surface area contributed by atoms with Crippen LogP contribution in [0.5, 0.6) is 0 Å². The fraction of sp³-hybridized carbons (Fsp3) is 0.600. The van der Waals surface area contributed by atoms with Gasteiger partial charge in [-0.15, -0.1) is 0 Å². The predicted molar refractivity (Wildman–Crippen MR) is 74.6 cm³/mol. The van der Waals surface area contributed by atoms with E-state index >= 15 is 0 Å². The molecule has 0 radical (unpaired) electrons. The van der Waals surface area contributed by atoms with Crippen LogP contribution < -0.4 is 5.32 Å². The molecule has 0 amide bonds. The number of halogens is 1. The third kappa shape index (κ3) is 3.46. The van der Waals surface area contributed by atoms with E-state index in [0.29, 0.717) is 6.04 Å². The summed E-state index contributed by atoms with van der Waals surface area (Å²) in [6.07, 6.45) is 4.97. The lowest BCUT2D eigenvalue weighted by molar-refractivity contribution is 0.479.